The van der Waals surface area contributed by atoms with Crippen LogP contribution in [-0.2, 0) is 6.61 Å². The zero-order valence-corrected chi connectivity index (χ0v) is 13.9. The molecule has 0 spiro atoms. The van der Waals surface area contributed by atoms with Gasteiger partial charge >= 0.3 is 0 Å². The molecular formula is C17H18ClNOS. The van der Waals surface area contributed by atoms with Gasteiger partial charge in [0.25, 0.3) is 0 Å². The molecule has 2 aromatic rings. The highest BCUT2D eigenvalue weighted by atomic mass is 35.5. The van der Waals surface area contributed by atoms with Gasteiger partial charge in [-0.15, -0.1) is 0 Å². The molecule has 0 heterocycles. The van der Waals surface area contributed by atoms with E-state index in [1.54, 1.807) is 18.2 Å². The molecule has 21 heavy (non-hydrogen) atoms. The fourth-order valence-corrected chi connectivity index (χ4v) is 2.74. The van der Waals surface area contributed by atoms with E-state index in [1.165, 1.54) is 22.3 Å². The van der Waals surface area contributed by atoms with E-state index in [-0.39, 0.29) is 0 Å². The number of halogens is 1. The lowest BCUT2D eigenvalue weighted by Gasteiger charge is -2.15. The molecule has 0 aliphatic heterocycles. The molecule has 2 N–H and O–H groups in total. The molecule has 110 valence electrons. The van der Waals surface area contributed by atoms with Crippen molar-refractivity contribution in [2.45, 2.75) is 27.4 Å². The number of nitrogens with two attached hydrogens (primary N) is 1. The molecule has 2 rings (SSSR count). The summed E-state index contributed by atoms with van der Waals surface area (Å²) < 4.78 is 5.91. The standard InChI is InChI=1S/C17H18ClNOS/c1-10-6-11(2)15(12(3)7-10)9-20-16-8-13(18)4-5-14(16)17(19)21/h4-8H,9H2,1-3H3,(H2,19,21). The van der Waals surface area contributed by atoms with E-state index in [1.807, 2.05) is 0 Å². The fraction of sp³-hybridized carbons (Fsp3) is 0.235. The van der Waals surface area contributed by atoms with Crippen molar-refractivity contribution in [3.63, 3.8) is 0 Å². The molecule has 0 aliphatic carbocycles. The maximum atomic E-state index is 6.02. The predicted octanol–water partition coefficient (Wildman–Crippen LogP) is 4.48. The van der Waals surface area contributed by atoms with Gasteiger partial charge in [0, 0.05) is 5.02 Å². The van der Waals surface area contributed by atoms with Gasteiger partial charge in [-0.2, -0.15) is 0 Å². The average Bonchev–Trinajstić information content (AvgIpc) is 2.37. The average molecular weight is 320 g/mol. The SMILES string of the molecule is Cc1cc(C)c(COc2cc(Cl)ccc2C(N)=S)c(C)c1. The number of thiocarbonyl (C=S) groups is 1. The maximum Gasteiger partial charge on any atom is 0.131 e. The quantitative estimate of drug-likeness (QED) is 0.844. The van der Waals surface area contributed by atoms with Crippen LogP contribution < -0.4 is 10.5 Å². The molecule has 0 amide bonds. The summed E-state index contributed by atoms with van der Waals surface area (Å²) in [5, 5.41) is 0.599. The van der Waals surface area contributed by atoms with Gasteiger partial charge in [-0.25, -0.2) is 0 Å². The largest absolute Gasteiger partial charge is 0.488 e. The Morgan fingerprint density at radius 2 is 1.76 bits per heavy atom. The molecule has 0 radical (unpaired) electrons. The third-order valence-corrected chi connectivity index (χ3v) is 3.88. The van der Waals surface area contributed by atoms with Gasteiger partial charge in [-0.05, 0) is 55.7 Å². The van der Waals surface area contributed by atoms with Crippen molar-refractivity contribution in [2.75, 3.05) is 0 Å². The van der Waals surface area contributed by atoms with Gasteiger partial charge in [0.1, 0.15) is 17.3 Å². The first-order valence-corrected chi connectivity index (χ1v) is 7.46. The van der Waals surface area contributed by atoms with E-state index in [0.29, 0.717) is 27.9 Å². The number of benzene rings is 2. The molecule has 0 saturated carbocycles. The molecule has 0 bridgehead atoms. The highest BCUT2D eigenvalue weighted by molar-refractivity contribution is 7.80. The zero-order chi connectivity index (χ0) is 15.6. The Bertz CT molecular complexity index is 674. The first kappa shape index (κ1) is 15.8. The highest BCUT2D eigenvalue weighted by Crippen LogP contribution is 2.26. The molecule has 0 aromatic heterocycles. The van der Waals surface area contributed by atoms with Crippen molar-refractivity contribution in [2.24, 2.45) is 5.73 Å². The van der Waals surface area contributed by atoms with Crippen LogP contribution in [0.4, 0.5) is 0 Å². The summed E-state index contributed by atoms with van der Waals surface area (Å²) in [6, 6.07) is 9.59. The van der Waals surface area contributed by atoms with Crippen LogP contribution in [-0.4, -0.2) is 4.99 Å². The van der Waals surface area contributed by atoms with Gasteiger partial charge in [0.05, 0.1) is 5.56 Å². The van der Waals surface area contributed by atoms with Crippen molar-refractivity contribution >= 4 is 28.8 Å². The molecule has 0 unspecified atom stereocenters. The number of rotatable bonds is 4. The summed E-state index contributed by atoms with van der Waals surface area (Å²) in [6.07, 6.45) is 0. The topological polar surface area (TPSA) is 35.2 Å². The molecule has 0 aliphatic rings. The van der Waals surface area contributed by atoms with E-state index in [9.17, 15) is 0 Å². The normalized spacial score (nSPS) is 10.5. The molecule has 0 fully saturated rings. The molecule has 4 heteroatoms. The lowest BCUT2D eigenvalue weighted by Crippen LogP contribution is -2.12. The molecule has 0 saturated heterocycles. The second kappa shape index (κ2) is 6.46. The third-order valence-electron chi connectivity index (χ3n) is 3.42. The monoisotopic (exact) mass is 319 g/mol. The van der Waals surface area contributed by atoms with Crippen LogP contribution in [0, 0.1) is 20.8 Å². The fourth-order valence-electron chi connectivity index (χ4n) is 2.41. The van der Waals surface area contributed by atoms with Crippen LogP contribution in [0.25, 0.3) is 0 Å². The predicted molar refractivity (Wildman–Crippen MR) is 92.3 cm³/mol. The second-order valence-electron chi connectivity index (χ2n) is 5.17. The van der Waals surface area contributed by atoms with Crippen LogP contribution >= 0.6 is 23.8 Å². The summed E-state index contributed by atoms with van der Waals surface area (Å²) in [4.78, 5) is 0.305. The smallest absolute Gasteiger partial charge is 0.131 e. The minimum absolute atomic E-state index is 0.305. The van der Waals surface area contributed by atoms with E-state index in [2.05, 4.69) is 32.9 Å². The highest BCUT2D eigenvalue weighted by Gasteiger charge is 2.10. The van der Waals surface area contributed by atoms with Gasteiger partial charge in [-0.3, -0.25) is 0 Å². The van der Waals surface area contributed by atoms with Gasteiger partial charge in [0.2, 0.25) is 0 Å². The molecular weight excluding hydrogens is 302 g/mol. The lowest BCUT2D eigenvalue weighted by molar-refractivity contribution is 0.304. The van der Waals surface area contributed by atoms with Crippen molar-refractivity contribution in [1.29, 1.82) is 0 Å². The van der Waals surface area contributed by atoms with Crippen LogP contribution in [0.15, 0.2) is 30.3 Å². The van der Waals surface area contributed by atoms with Crippen molar-refractivity contribution in [3.8, 4) is 5.75 Å². The van der Waals surface area contributed by atoms with E-state index in [4.69, 9.17) is 34.3 Å². The van der Waals surface area contributed by atoms with E-state index < -0.39 is 0 Å². The number of hydrogen-bond acceptors (Lipinski definition) is 2. The summed E-state index contributed by atoms with van der Waals surface area (Å²) in [7, 11) is 0. The molecule has 2 nitrogen and oxygen atoms in total. The number of hydrogen-bond donors (Lipinski definition) is 1. The molecule has 0 atom stereocenters. The zero-order valence-electron chi connectivity index (χ0n) is 12.4. The van der Waals surface area contributed by atoms with Crippen molar-refractivity contribution in [3.05, 3.63) is 63.2 Å². The number of ether oxygens (including phenoxy) is 1. The van der Waals surface area contributed by atoms with Crippen LogP contribution in [0.1, 0.15) is 27.8 Å². The summed E-state index contributed by atoms with van der Waals surface area (Å²) >= 11 is 11.1. The first-order chi connectivity index (χ1) is 9.88. The maximum absolute atomic E-state index is 6.02. The Kier molecular flexibility index (Phi) is 4.86. The summed E-state index contributed by atoms with van der Waals surface area (Å²) in [5.41, 5.74) is 11.3. The summed E-state index contributed by atoms with van der Waals surface area (Å²) in [6.45, 7) is 6.73. The third kappa shape index (κ3) is 3.74. The van der Waals surface area contributed by atoms with Gasteiger partial charge in [-0.1, -0.05) is 41.5 Å². The van der Waals surface area contributed by atoms with E-state index in [0.717, 1.165) is 0 Å². The van der Waals surface area contributed by atoms with Crippen LogP contribution in [0.2, 0.25) is 5.02 Å². The minimum atomic E-state index is 0.305. The number of aryl methyl sites for hydroxylation is 3. The van der Waals surface area contributed by atoms with Crippen LogP contribution in [0.3, 0.4) is 0 Å². The Balaban J connectivity index is 2.28. The molecule has 2 aromatic carbocycles. The van der Waals surface area contributed by atoms with Crippen molar-refractivity contribution < 1.29 is 4.74 Å². The lowest BCUT2D eigenvalue weighted by atomic mass is 10.0. The minimum Gasteiger partial charge on any atom is -0.488 e. The Labute approximate surface area is 135 Å². The van der Waals surface area contributed by atoms with E-state index >= 15 is 0 Å². The second-order valence-corrected chi connectivity index (χ2v) is 6.05. The van der Waals surface area contributed by atoms with Crippen molar-refractivity contribution in [1.82, 2.24) is 0 Å². The van der Waals surface area contributed by atoms with Gasteiger partial charge < -0.3 is 10.5 Å². The van der Waals surface area contributed by atoms with Crippen LogP contribution in [0.5, 0.6) is 5.75 Å². The van der Waals surface area contributed by atoms with Gasteiger partial charge in [0.15, 0.2) is 0 Å². The first-order valence-electron chi connectivity index (χ1n) is 6.67. The Morgan fingerprint density at radius 3 is 2.33 bits per heavy atom. The Morgan fingerprint density at radius 1 is 1.14 bits per heavy atom. The Hall–Kier alpha value is -1.58. The summed E-state index contributed by atoms with van der Waals surface area (Å²) in [5.74, 6) is 0.620.